The Morgan fingerprint density at radius 2 is 1.67 bits per heavy atom. The summed E-state index contributed by atoms with van der Waals surface area (Å²) in [6.45, 7) is 0.120. The van der Waals surface area contributed by atoms with Crippen LogP contribution in [-0.2, 0) is 12.7 Å². The Morgan fingerprint density at radius 3 is 2.43 bits per heavy atom. The van der Waals surface area contributed by atoms with E-state index in [9.17, 15) is 18.0 Å². The Balaban J connectivity index is 1.68. The number of para-hydroxylation sites is 2. The Bertz CT molecular complexity index is 1170. The maximum atomic E-state index is 13.3. The van der Waals surface area contributed by atoms with Crippen molar-refractivity contribution in [2.24, 2.45) is 0 Å². The number of nitrogens with one attached hydrogen (secondary N) is 1. The standard InChI is InChI=1S/C22H17F3N4O/c23-22(24,25)18-10-4-5-11-19(18)27-21(30)29(16-8-2-1-3-9-16)15-17-14-26-20-12-6-7-13-28(17)20/h1-14H,15H2,(H,27,30). The molecule has 8 heteroatoms. The van der Waals surface area contributed by atoms with Gasteiger partial charge in [0.2, 0.25) is 0 Å². The lowest BCUT2D eigenvalue weighted by molar-refractivity contribution is -0.136. The minimum atomic E-state index is -4.58. The molecule has 152 valence electrons. The van der Waals surface area contributed by atoms with Gasteiger partial charge >= 0.3 is 12.2 Å². The number of nitrogens with zero attached hydrogens (tertiary/aromatic N) is 3. The average molecular weight is 410 g/mol. The van der Waals surface area contributed by atoms with Gasteiger partial charge < -0.3 is 9.72 Å². The Morgan fingerprint density at radius 1 is 0.967 bits per heavy atom. The minimum Gasteiger partial charge on any atom is -0.307 e. The highest BCUT2D eigenvalue weighted by Gasteiger charge is 2.34. The lowest BCUT2D eigenvalue weighted by Crippen LogP contribution is -2.35. The summed E-state index contributed by atoms with van der Waals surface area (Å²) in [6.07, 6.45) is -1.12. The van der Waals surface area contributed by atoms with Gasteiger partial charge in [-0.05, 0) is 36.4 Å². The number of hydrogen-bond acceptors (Lipinski definition) is 2. The zero-order valence-electron chi connectivity index (χ0n) is 15.7. The van der Waals surface area contributed by atoms with Crippen LogP contribution in [0.2, 0.25) is 0 Å². The summed E-state index contributed by atoms with van der Waals surface area (Å²) >= 11 is 0. The van der Waals surface area contributed by atoms with E-state index >= 15 is 0 Å². The number of aromatic nitrogens is 2. The van der Waals surface area contributed by atoms with Crippen LogP contribution in [0, 0.1) is 0 Å². The van der Waals surface area contributed by atoms with E-state index in [1.807, 2.05) is 28.8 Å². The average Bonchev–Trinajstić information content (AvgIpc) is 3.15. The Labute approximate surface area is 170 Å². The van der Waals surface area contributed by atoms with E-state index in [1.54, 1.807) is 36.5 Å². The van der Waals surface area contributed by atoms with Gasteiger partial charge in [0.25, 0.3) is 0 Å². The first kappa shape index (κ1) is 19.5. The summed E-state index contributed by atoms with van der Waals surface area (Å²) in [5.41, 5.74) is 0.776. The normalized spacial score (nSPS) is 11.4. The van der Waals surface area contributed by atoms with Crippen molar-refractivity contribution < 1.29 is 18.0 Å². The summed E-state index contributed by atoms with van der Waals surface area (Å²) in [6, 6.07) is 18.5. The van der Waals surface area contributed by atoms with Crippen molar-refractivity contribution in [1.29, 1.82) is 0 Å². The van der Waals surface area contributed by atoms with Gasteiger partial charge in [-0.2, -0.15) is 13.2 Å². The van der Waals surface area contributed by atoms with Gasteiger partial charge in [-0.25, -0.2) is 9.78 Å². The molecule has 0 aliphatic carbocycles. The molecule has 0 saturated heterocycles. The second-order valence-electron chi connectivity index (χ2n) is 6.57. The van der Waals surface area contributed by atoms with Crippen molar-refractivity contribution in [3.63, 3.8) is 0 Å². The number of anilines is 2. The number of urea groups is 1. The predicted octanol–water partition coefficient (Wildman–Crippen LogP) is 5.59. The fourth-order valence-corrected chi connectivity index (χ4v) is 3.17. The molecule has 0 aliphatic heterocycles. The van der Waals surface area contributed by atoms with Crippen molar-refractivity contribution in [3.05, 3.63) is 96.4 Å². The molecule has 0 bridgehead atoms. The molecule has 0 fully saturated rings. The summed E-state index contributed by atoms with van der Waals surface area (Å²) in [4.78, 5) is 18.8. The Hall–Kier alpha value is -3.81. The van der Waals surface area contributed by atoms with Crippen molar-refractivity contribution in [3.8, 4) is 0 Å². The highest BCUT2D eigenvalue weighted by molar-refractivity contribution is 6.02. The van der Waals surface area contributed by atoms with E-state index in [0.29, 0.717) is 17.0 Å². The first-order valence-corrected chi connectivity index (χ1v) is 9.14. The van der Waals surface area contributed by atoms with Gasteiger partial charge in [0, 0.05) is 11.9 Å². The number of halogens is 3. The van der Waals surface area contributed by atoms with Crippen LogP contribution in [0.3, 0.4) is 0 Å². The fourth-order valence-electron chi connectivity index (χ4n) is 3.17. The molecule has 0 unspecified atom stereocenters. The maximum absolute atomic E-state index is 13.3. The third kappa shape index (κ3) is 3.98. The van der Waals surface area contributed by atoms with Crippen LogP contribution >= 0.6 is 0 Å². The number of rotatable bonds is 4. The van der Waals surface area contributed by atoms with Crippen LogP contribution in [0.4, 0.5) is 29.3 Å². The number of alkyl halides is 3. The highest BCUT2D eigenvalue weighted by Crippen LogP contribution is 2.35. The molecule has 0 aliphatic rings. The topological polar surface area (TPSA) is 49.6 Å². The molecule has 0 atom stereocenters. The molecule has 1 N–H and O–H groups in total. The molecule has 2 heterocycles. The van der Waals surface area contributed by atoms with Crippen LogP contribution in [-0.4, -0.2) is 15.4 Å². The lowest BCUT2D eigenvalue weighted by atomic mass is 10.1. The van der Waals surface area contributed by atoms with Gasteiger partial charge in [0.15, 0.2) is 0 Å². The van der Waals surface area contributed by atoms with Gasteiger partial charge in [0.05, 0.1) is 29.7 Å². The molecular weight excluding hydrogens is 393 g/mol. The van der Waals surface area contributed by atoms with E-state index in [0.717, 1.165) is 6.07 Å². The third-order valence-electron chi connectivity index (χ3n) is 4.60. The fraction of sp³-hybridized carbons (Fsp3) is 0.0909. The molecule has 0 radical (unpaired) electrons. The minimum absolute atomic E-state index is 0.120. The monoisotopic (exact) mass is 410 g/mol. The van der Waals surface area contributed by atoms with Crippen molar-refractivity contribution >= 4 is 23.1 Å². The van der Waals surface area contributed by atoms with Gasteiger partial charge in [-0.15, -0.1) is 0 Å². The summed E-state index contributed by atoms with van der Waals surface area (Å²) in [7, 11) is 0. The van der Waals surface area contributed by atoms with E-state index in [1.165, 1.54) is 23.1 Å². The van der Waals surface area contributed by atoms with Crippen LogP contribution < -0.4 is 10.2 Å². The Kier molecular flexibility index (Phi) is 5.14. The number of imidazole rings is 1. The SMILES string of the molecule is O=C(Nc1ccccc1C(F)(F)F)N(Cc1cnc2ccccn12)c1ccccc1. The molecule has 2 amide bonds. The van der Waals surface area contributed by atoms with E-state index in [-0.39, 0.29) is 12.2 Å². The van der Waals surface area contributed by atoms with Gasteiger partial charge in [-0.3, -0.25) is 4.90 Å². The first-order valence-electron chi connectivity index (χ1n) is 9.14. The zero-order valence-corrected chi connectivity index (χ0v) is 15.7. The number of carbonyl (C=O) groups excluding carboxylic acids is 1. The van der Waals surface area contributed by atoms with Crippen LogP contribution in [0.25, 0.3) is 5.65 Å². The number of carbonyl (C=O) groups is 1. The molecule has 4 aromatic rings. The number of amides is 2. The summed E-state index contributed by atoms with van der Waals surface area (Å²) in [5.74, 6) is 0. The van der Waals surface area contributed by atoms with Crippen LogP contribution in [0.5, 0.6) is 0 Å². The summed E-state index contributed by atoms with van der Waals surface area (Å²) in [5, 5.41) is 2.41. The van der Waals surface area contributed by atoms with E-state index in [4.69, 9.17) is 0 Å². The second-order valence-corrected chi connectivity index (χ2v) is 6.57. The number of hydrogen-bond donors (Lipinski definition) is 1. The molecule has 2 aromatic carbocycles. The van der Waals surface area contributed by atoms with Crippen LogP contribution in [0.1, 0.15) is 11.3 Å². The van der Waals surface area contributed by atoms with Gasteiger partial charge in [0.1, 0.15) is 5.65 Å². The number of fused-ring (bicyclic) bond motifs is 1. The molecular formula is C22H17F3N4O. The third-order valence-corrected chi connectivity index (χ3v) is 4.60. The van der Waals surface area contributed by atoms with Crippen molar-refractivity contribution in [2.45, 2.75) is 12.7 Å². The van der Waals surface area contributed by atoms with Crippen molar-refractivity contribution in [1.82, 2.24) is 9.38 Å². The number of pyridine rings is 1. The quantitative estimate of drug-likeness (QED) is 0.477. The van der Waals surface area contributed by atoms with E-state index < -0.39 is 17.8 Å². The molecule has 30 heavy (non-hydrogen) atoms. The molecule has 0 saturated carbocycles. The predicted molar refractivity (Wildman–Crippen MR) is 108 cm³/mol. The largest absolute Gasteiger partial charge is 0.418 e. The highest BCUT2D eigenvalue weighted by atomic mass is 19.4. The van der Waals surface area contributed by atoms with Crippen molar-refractivity contribution in [2.75, 3.05) is 10.2 Å². The molecule has 4 rings (SSSR count). The second kappa shape index (κ2) is 7.90. The maximum Gasteiger partial charge on any atom is 0.418 e. The zero-order chi connectivity index (χ0) is 21.1. The van der Waals surface area contributed by atoms with Gasteiger partial charge in [-0.1, -0.05) is 36.4 Å². The molecule has 5 nitrogen and oxygen atoms in total. The smallest absolute Gasteiger partial charge is 0.307 e. The lowest BCUT2D eigenvalue weighted by Gasteiger charge is -2.24. The molecule has 2 aromatic heterocycles. The molecule has 0 spiro atoms. The van der Waals surface area contributed by atoms with Crippen LogP contribution in [0.15, 0.2) is 85.2 Å². The summed E-state index contributed by atoms with van der Waals surface area (Å²) < 4.78 is 41.8. The first-order chi connectivity index (χ1) is 14.4. The number of benzene rings is 2. The van der Waals surface area contributed by atoms with E-state index in [2.05, 4.69) is 10.3 Å².